The van der Waals surface area contributed by atoms with Crippen molar-refractivity contribution in [3.63, 3.8) is 0 Å². The van der Waals surface area contributed by atoms with Gasteiger partial charge in [-0.1, -0.05) is 52.8 Å². The molecular weight excluding hydrogens is 418 g/mol. The van der Waals surface area contributed by atoms with Crippen LogP contribution in [-0.2, 0) is 14.4 Å². The number of nitrogens with zero attached hydrogens (tertiary/aromatic N) is 3. The first-order valence-electron chi connectivity index (χ1n) is 9.66. The van der Waals surface area contributed by atoms with E-state index in [9.17, 15) is 20.0 Å². The second-order valence-corrected chi connectivity index (χ2v) is 7.23. The number of oxime groups is 1. The Morgan fingerprint density at radius 2 is 1.91 bits per heavy atom. The Hall–Kier alpha value is -4.05. The van der Waals surface area contributed by atoms with Gasteiger partial charge in [0, 0.05) is 11.6 Å². The Balaban J connectivity index is 1.77. The third kappa shape index (κ3) is 3.40. The van der Waals surface area contributed by atoms with Gasteiger partial charge in [0.05, 0.1) is 35.3 Å². The molecule has 0 saturated carbocycles. The topological polar surface area (TPSA) is 137 Å². The third-order valence-electron chi connectivity index (χ3n) is 5.36. The number of aromatic nitrogens is 1. The van der Waals surface area contributed by atoms with E-state index >= 15 is 0 Å². The summed E-state index contributed by atoms with van der Waals surface area (Å²) in [5.41, 5.74) is -0.624. The van der Waals surface area contributed by atoms with Crippen LogP contribution in [0.5, 0.6) is 0 Å². The van der Waals surface area contributed by atoms with Crippen LogP contribution in [0.25, 0.3) is 11.3 Å². The highest BCUT2D eigenvalue weighted by Crippen LogP contribution is 2.43. The molecule has 164 valence electrons. The van der Waals surface area contributed by atoms with E-state index in [0.29, 0.717) is 11.3 Å². The molecule has 1 N–H and O–H groups in total. The molecule has 2 heterocycles. The Labute approximate surface area is 182 Å². The van der Waals surface area contributed by atoms with Crippen molar-refractivity contribution in [1.82, 2.24) is 5.16 Å². The molecule has 10 heteroatoms. The fourth-order valence-electron chi connectivity index (χ4n) is 3.75. The number of nitro benzene ring substituents is 1. The minimum absolute atomic E-state index is 0.136. The molecule has 32 heavy (non-hydrogen) atoms. The van der Waals surface area contributed by atoms with Gasteiger partial charge in [-0.25, -0.2) is 4.79 Å². The number of para-hydroxylation sites is 1. The van der Waals surface area contributed by atoms with Gasteiger partial charge in [0.25, 0.3) is 11.3 Å². The van der Waals surface area contributed by atoms with Gasteiger partial charge >= 0.3 is 5.97 Å². The van der Waals surface area contributed by atoms with Crippen molar-refractivity contribution in [2.45, 2.75) is 25.0 Å². The lowest BCUT2D eigenvalue weighted by Crippen LogP contribution is -2.46. The van der Waals surface area contributed by atoms with Gasteiger partial charge in [-0.05, 0) is 13.0 Å². The molecular formula is C22H19N3O7. The van der Waals surface area contributed by atoms with Crippen molar-refractivity contribution in [3.05, 3.63) is 81.6 Å². The van der Waals surface area contributed by atoms with E-state index in [1.54, 1.807) is 37.3 Å². The second kappa shape index (κ2) is 8.23. The number of ether oxygens (including phenoxy) is 1. The van der Waals surface area contributed by atoms with E-state index in [2.05, 4.69) is 10.3 Å². The minimum atomic E-state index is -1.98. The lowest BCUT2D eigenvalue weighted by molar-refractivity contribution is -0.385. The SMILES string of the molecule is COC(=O)C1(C(O)c2c(-c3ccccc3)noc2C)CC(c2ccccc2[N+](=O)[O-])=NO1. The van der Waals surface area contributed by atoms with Crippen molar-refractivity contribution in [3.8, 4) is 11.3 Å². The van der Waals surface area contributed by atoms with Crippen LogP contribution < -0.4 is 0 Å². The predicted octanol–water partition coefficient (Wildman–Crippen LogP) is 3.33. The molecule has 0 spiro atoms. The highest BCUT2D eigenvalue weighted by Gasteiger charge is 2.56. The maximum atomic E-state index is 12.9. The molecule has 10 nitrogen and oxygen atoms in total. The molecule has 0 amide bonds. The van der Waals surface area contributed by atoms with Crippen LogP contribution in [0.4, 0.5) is 5.69 Å². The number of rotatable bonds is 6. The van der Waals surface area contributed by atoms with Crippen LogP contribution in [0, 0.1) is 17.0 Å². The average molecular weight is 437 g/mol. The maximum absolute atomic E-state index is 12.9. The molecule has 0 bridgehead atoms. The molecule has 0 radical (unpaired) electrons. The summed E-state index contributed by atoms with van der Waals surface area (Å²) in [6, 6.07) is 14.9. The summed E-state index contributed by atoms with van der Waals surface area (Å²) >= 11 is 0. The highest BCUT2D eigenvalue weighted by atomic mass is 16.7. The Bertz CT molecular complexity index is 1210. The van der Waals surface area contributed by atoms with Crippen LogP contribution in [-0.4, -0.2) is 39.6 Å². The monoisotopic (exact) mass is 437 g/mol. The number of methoxy groups -OCH3 is 1. The summed E-state index contributed by atoms with van der Waals surface area (Å²) in [7, 11) is 1.15. The van der Waals surface area contributed by atoms with Crippen LogP contribution in [0.15, 0.2) is 64.3 Å². The number of hydrogen-bond donors (Lipinski definition) is 1. The molecule has 0 aliphatic carbocycles. The van der Waals surface area contributed by atoms with Gasteiger partial charge in [-0.3, -0.25) is 10.1 Å². The van der Waals surface area contributed by atoms with Gasteiger partial charge in [-0.15, -0.1) is 0 Å². The quantitative estimate of drug-likeness (QED) is 0.352. The molecule has 2 aromatic carbocycles. The minimum Gasteiger partial charge on any atom is -0.466 e. The number of aliphatic hydroxyl groups excluding tert-OH is 1. The molecule has 1 aliphatic rings. The molecule has 0 saturated heterocycles. The standard InChI is InChI=1S/C22H19N3O7/c1-13-18(19(24-31-13)14-8-4-3-5-9-14)20(26)22(21(27)30-2)12-16(23-32-22)15-10-6-7-11-17(15)25(28)29/h3-11,20,26H,12H2,1-2H3. The normalized spacial score (nSPS) is 18.5. The summed E-state index contributed by atoms with van der Waals surface area (Å²) in [4.78, 5) is 29.3. The molecule has 1 aromatic heterocycles. The summed E-state index contributed by atoms with van der Waals surface area (Å²) in [5, 5.41) is 30.8. The van der Waals surface area contributed by atoms with Crippen molar-refractivity contribution in [2.24, 2.45) is 5.16 Å². The number of esters is 1. The van der Waals surface area contributed by atoms with Crippen molar-refractivity contribution < 1.29 is 28.9 Å². The number of nitro groups is 1. The van der Waals surface area contributed by atoms with Crippen LogP contribution in [0.3, 0.4) is 0 Å². The average Bonchev–Trinajstić information content (AvgIpc) is 3.43. The van der Waals surface area contributed by atoms with Crippen molar-refractivity contribution >= 4 is 17.4 Å². The molecule has 4 rings (SSSR count). The van der Waals surface area contributed by atoms with Gasteiger partial charge < -0.3 is 19.2 Å². The van der Waals surface area contributed by atoms with Crippen molar-refractivity contribution in [1.29, 1.82) is 0 Å². The molecule has 3 aromatic rings. The zero-order valence-corrected chi connectivity index (χ0v) is 17.2. The Morgan fingerprint density at radius 1 is 1.22 bits per heavy atom. The number of aliphatic hydroxyl groups is 1. The van der Waals surface area contributed by atoms with E-state index in [1.165, 1.54) is 18.2 Å². The largest absolute Gasteiger partial charge is 0.466 e. The first-order valence-corrected chi connectivity index (χ1v) is 9.66. The summed E-state index contributed by atoms with van der Waals surface area (Å²) in [6.07, 6.45) is -1.84. The van der Waals surface area contributed by atoms with Gasteiger partial charge in [0.1, 0.15) is 17.6 Å². The predicted molar refractivity (Wildman–Crippen MR) is 112 cm³/mol. The Kier molecular flexibility index (Phi) is 5.45. The van der Waals surface area contributed by atoms with E-state index in [1.807, 2.05) is 6.07 Å². The zero-order valence-electron chi connectivity index (χ0n) is 17.2. The summed E-state index contributed by atoms with van der Waals surface area (Å²) < 4.78 is 10.2. The van der Waals surface area contributed by atoms with E-state index in [4.69, 9.17) is 14.1 Å². The number of aryl methyl sites for hydroxylation is 1. The second-order valence-electron chi connectivity index (χ2n) is 7.23. The van der Waals surface area contributed by atoms with Gasteiger partial charge in [0.2, 0.25) is 0 Å². The lowest BCUT2D eigenvalue weighted by atomic mass is 9.83. The molecule has 2 unspecified atom stereocenters. The zero-order chi connectivity index (χ0) is 22.9. The number of benzene rings is 2. The van der Waals surface area contributed by atoms with Gasteiger partial charge in [0.15, 0.2) is 0 Å². The maximum Gasteiger partial charge on any atom is 0.356 e. The molecule has 2 atom stereocenters. The highest BCUT2D eigenvalue weighted by molar-refractivity contribution is 6.07. The third-order valence-corrected chi connectivity index (χ3v) is 5.36. The molecule has 0 fully saturated rings. The number of carbonyl (C=O) groups is 1. The molecule has 1 aliphatic heterocycles. The van der Waals surface area contributed by atoms with E-state index in [0.717, 1.165) is 7.11 Å². The van der Waals surface area contributed by atoms with E-state index in [-0.39, 0.29) is 34.7 Å². The van der Waals surface area contributed by atoms with Crippen LogP contribution in [0.2, 0.25) is 0 Å². The van der Waals surface area contributed by atoms with Crippen molar-refractivity contribution in [2.75, 3.05) is 7.11 Å². The lowest BCUT2D eigenvalue weighted by Gasteiger charge is -2.28. The van der Waals surface area contributed by atoms with E-state index < -0.39 is 22.6 Å². The fraction of sp³-hybridized carbons (Fsp3) is 0.227. The smallest absolute Gasteiger partial charge is 0.356 e. The Morgan fingerprint density at radius 3 is 2.59 bits per heavy atom. The summed E-state index contributed by atoms with van der Waals surface area (Å²) in [5.74, 6) is -0.607. The van der Waals surface area contributed by atoms with Crippen LogP contribution >= 0.6 is 0 Å². The fourth-order valence-corrected chi connectivity index (χ4v) is 3.75. The van der Waals surface area contributed by atoms with Crippen LogP contribution in [0.1, 0.15) is 29.4 Å². The first kappa shape index (κ1) is 21.2. The first-order chi connectivity index (χ1) is 15.4. The number of carbonyl (C=O) groups excluding carboxylic acids is 1. The van der Waals surface area contributed by atoms with Gasteiger partial charge in [-0.2, -0.15) is 0 Å². The summed E-state index contributed by atoms with van der Waals surface area (Å²) in [6.45, 7) is 1.60. The number of hydrogen-bond acceptors (Lipinski definition) is 9.